The summed E-state index contributed by atoms with van der Waals surface area (Å²) in [6.07, 6.45) is 6.71. The molecule has 31 heavy (non-hydrogen) atoms. The van der Waals surface area contributed by atoms with Gasteiger partial charge in [-0.3, -0.25) is 4.79 Å². The summed E-state index contributed by atoms with van der Waals surface area (Å²) in [6, 6.07) is 6.10. The van der Waals surface area contributed by atoms with Gasteiger partial charge in [0.2, 0.25) is 5.91 Å². The van der Waals surface area contributed by atoms with Crippen LogP contribution in [0.4, 0.5) is 9.39 Å². The minimum absolute atomic E-state index is 0.0593. The SMILES string of the molecule is CCOC(=O)c1c(NC(=O)C23CC4CC(CC(C4)C2)C3)sc(C)c1-c1ccc(F)cc1. The predicted octanol–water partition coefficient (Wildman–Crippen LogP) is 6.19. The first-order valence-electron chi connectivity index (χ1n) is 11.3. The zero-order valence-electron chi connectivity index (χ0n) is 18.0. The second-order valence-electron chi connectivity index (χ2n) is 9.62. The van der Waals surface area contributed by atoms with Crippen molar-refractivity contribution in [3.8, 4) is 11.1 Å². The lowest BCUT2D eigenvalue weighted by atomic mass is 9.49. The van der Waals surface area contributed by atoms with Crippen molar-refractivity contribution in [3.63, 3.8) is 0 Å². The lowest BCUT2D eigenvalue weighted by Gasteiger charge is -2.55. The molecule has 0 radical (unpaired) electrons. The molecule has 164 valence electrons. The van der Waals surface area contributed by atoms with Crippen LogP contribution in [0.1, 0.15) is 60.7 Å². The molecule has 4 nitrogen and oxygen atoms in total. The van der Waals surface area contributed by atoms with Crippen LogP contribution in [0.5, 0.6) is 0 Å². The number of carbonyl (C=O) groups is 2. The van der Waals surface area contributed by atoms with Crippen LogP contribution in [0.15, 0.2) is 24.3 Å². The summed E-state index contributed by atoms with van der Waals surface area (Å²) in [5.74, 6) is 1.28. The Balaban J connectivity index is 1.50. The second kappa shape index (κ2) is 7.73. The summed E-state index contributed by atoms with van der Waals surface area (Å²) in [5.41, 5.74) is 1.54. The Kier molecular flexibility index (Phi) is 5.16. The van der Waals surface area contributed by atoms with Gasteiger partial charge in [0.05, 0.1) is 12.0 Å². The average molecular weight is 442 g/mol. The zero-order chi connectivity index (χ0) is 21.8. The van der Waals surface area contributed by atoms with Crippen LogP contribution >= 0.6 is 11.3 Å². The van der Waals surface area contributed by atoms with Crippen LogP contribution in [-0.4, -0.2) is 18.5 Å². The molecule has 0 unspecified atom stereocenters. The molecule has 1 heterocycles. The third kappa shape index (κ3) is 3.59. The third-order valence-corrected chi connectivity index (χ3v) is 8.46. The van der Waals surface area contributed by atoms with E-state index in [1.807, 2.05) is 6.92 Å². The molecule has 4 aliphatic carbocycles. The molecule has 4 aliphatic rings. The highest BCUT2D eigenvalue weighted by Crippen LogP contribution is 2.60. The normalized spacial score (nSPS) is 28.5. The molecule has 4 bridgehead atoms. The van der Waals surface area contributed by atoms with E-state index in [1.165, 1.54) is 42.7 Å². The van der Waals surface area contributed by atoms with Crippen molar-refractivity contribution in [1.29, 1.82) is 0 Å². The number of nitrogens with one attached hydrogen (secondary N) is 1. The van der Waals surface area contributed by atoms with Gasteiger partial charge >= 0.3 is 5.97 Å². The highest BCUT2D eigenvalue weighted by Gasteiger charge is 2.54. The standard InChI is InChI=1S/C25H28FNO3S/c1-3-30-23(28)21-20(18-4-6-19(26)7-5-18)14(2)31-22(21)27-24(29)25-11-15-8-16(12-25)10-17(9-15)13-25/h4-7,15-17H,3,8-13H2,1-2H3,(H,27,29). The van der Waals surface area contributed by atoms with Gasteiger partial charge in [-0.2, -0.15) is 0 Å². The molecule has 0 spiro atoms. The maximum Gasteiger partial charge on any atom is 0.341 e. The van der Waals surface area contributed by atoms with E-state index in [2.05, 4.69) is 5.32 Å². The Morgan fingerprint density at radius 2 is 1.68 bits per heavy atom. The van der Waals surface area contributed by atoms with Gasteiger partial charge in [-0.05, 0) is 87.8 Å². The van der Waals surface area contributed by atoms with Gasteiger partial charge in [0.15, 0.2) is 0 Å². The van der Waals surface area contributed by atoms with Crippen LogP contribution in [0.25, 0.3) is 11.1 Å². The smallest absolute Gasteiger partial charge is 0.341 e. The molecule has 1 aromatic carbocycles. The molecular weight excluding hydrogens is 413 g/mol. The van der Waals surface area contributed by atoms with E-state index in [4.69, 9.17) is 4.74 Å². The fourth-order valence-electron chi connectivity index (χ4n) is 6.62. The lowest BCUT2D eigenvalue weighted by Crippen LogP contribution is -2.51. The first kappa shape index (κ1) is 20.7. The second-order valence-corrected chi connectivity index (χ2v) is 10.8. The number of aryl methyl sites for hydroxylation is 1. The van der Waals surface area contributed by atoms with E-state index >= 15 is 0 Å². The summed E-state index contributed by atoms with van der Waals surface area (Å²) in [7, 11) is 0. The molecular formula is C25H28FNO3S. The molecule has 1 aromatic heterocycles. The highest BCUT2D eigenvalue weighted by molar-refractivity contribution is 7.17. The summed E-state index contributed by atoms with van der Waals surface area (Å²) >= 11 is 1.40. The molecule has 6 rings (SSSR count). The molecule has 4 saturated carbocycles. The first-order valence-corrected chi connectivity index (χ1v) is 12.1. The fraction of sp³-hybridized carbons (Fsp3) is 0.520. The number of thiophene rings is 1. The Labute approximate surface area is 186 Å². The van der Waals surface area contributed by atoms with E-state index in [1.54, 1.807) is 19.1 Å². The Hall–Kier alpha value is -2.21. The molecule has 1 amide bonds. The van der Waals surface area contributed by atoms with Crippen molar-refractivity contribution in [1.82, 2.24) is 0 Å². The van der Waals surface area contributed by atoms with Crippen LogP contribution in [0.2, 0.25) is 0 Å². The fourth-order valence-corrected chi connectivity index (χ4v) is 7.68. The molecule has 2 aromatic rings. The Morgan fingerprint density at radius 1 is 1.10 bits per heavy atom. The van der Waals surface area contributed by atoms with Gasteiger partial charge in [-0.1, -0.05) is 12.1 Å². The number of hydrogen-bond acceptors (Lipinski definition) is 4. The number of ether oxygens (including phenoxy) is 1. The monoisotopic (exact) mass is 441 g/mol. The topological polar surface area (TPSA) is 55.4 Å². The minimum atomic E-state index is -0.452. The van der Waals surface area contributed by atoms with Gasteiger partial charge in [0.25, 0.3) is 0 Å². The summed E-state index contributed by atoms with van der Waals surface area (Å²) in [4.78, 5) is 27.4. The predicted molar refractivity (Wildman–Crippen MR) is 120 cm³/mol. The van der Waals surface area contributed by atoms with Crippen molar-refractivity contribution in [2.24, 2.45) is 23.2 Å². The molecule has 6 heteroatoms. The van der Waals surface area contributed by atoms with Gasteiger partial charge in [0, 0.05) is 10.4 Å². The van der Waals surface area contributed by atoms with Crippen LogP contribution in [-0.2, 0) is 9.53 Å². The van der Waals surface area contributed by atoms with Crippen molar-refractivity contribution >= 4 is 28.2 Å². The third-order valence-electron chi connectivity index (χ3n) is 7.44. The van der Waals surface area contributed by atoms with Gasteiger partial charge in [0.1, 0.15) is 16.4 Å². The number of amides is 1. The quantitative estimate of drug-likeness (QED) is 0.563. The highest BCUT2D eigenvalue weighted by atomic mass is 32.1. The number of benzene rings is 1. The number of esters is 1. The van der Waals surface area contributed by atoms with Crippen molar-refractivity contribution < 1.29 is 18.7 Å². The van der Waals surface area contributed by atoms with Gasteiger partial charge < -0.3 is 10.1 Å². The van der Waals surface area contributed by atoms with Crippen molar-refractivity contribution in [2.75, 3.05) is 11.9 Å². The van der Waals surface area contributed by atoms with Gasteiger partial charge in [-0.25, -0.2) is 9.18 Å². The zero-order valence-corrected chi connectivity index (χ0v) is 18.8. The summed E-state index contributed by atoms with van der Waals surface area (Å²) in [6.45, 7) is 3.94. The van der Waals surface area contributed by atoms with Crippen molar-refractivity contribution in [2.45, 2.75) is 52.4 Å². The van der Waals surface area contributed by atoms with E-state index in [0.29, 0.717) is 33.9 Å². The summed E-state index contributed by atoms with van der Waals surface area (Å²) in [5, 5.41) is 3.71. The number of hydrogen-bond donors (Lipinski definition) is 1. The Morgan fingerprint density at radius 3 is 2.23 bits per heavy atom. The molecule has 0 aliphatic heterocycles. The molecule has 0 saturated heterocycles. The van der Waals surface area contributed by atoms with E-state index in [-0.39, 0.29) is 23.7 Å². The molecule has 4 fully saturated rings. The lowest BCUT2D eigenvalue weighted by molar-refractivity contribution is -0.140. The number of rotatable bonds is 5. The summed E-state index contributed by atoms with van der Waals surface area (Å²) < 4.78 is 18.8. The van der Waals surface area contributed by atoms with E-state index in [9.17, 15) is 14.0 Å². The molecule has 1 N–H and O–H groups in total. The Bertz CT molecular complexity index is 991. The average Bonchev–Trinajstić information content (AvgIpc) is 3.03. The maximum absolute atomic E-state index is 13.6. The number of carbonyl (C=O) groups excluding carboxylic acids is 2. The minimum Gasteiger partial charge on any atom is -0.462 e. The number of anilines is 1. The number of halogens is 1. The van der Waals surface area contributed by atoms with Gasteiger partial charge in [-0.15, -0.1) is 11.3 Å². The largest absolute Gasteiger partial charge is 0.462 e. The van der Waals surface area contributed by atoms with E-state index in [0.717, 1.165) is 29.7 Å². The maximum atomic E-state index is 13.6. The van der Waals surface area contributed by atoms with Crippen LogP contribution in [0.3, 0.4) is 0 Å². The van der Waals surface area contributed by atoms with Crippen LogP contribution < -0.4 is 5.32 Å². The first-order chi connectivity index (χ1) is 14.9. The van der Waals surface area contributed by atoms with Crippen molar-refractivity contribution in [3.05, 3.63) is 40.5 Å². The van der Waals surface area contributed by atoms with Crippen LogP contribution in [0, 0.1) is 35.9 Å². The van der Waals surface area contributed by atoms with E-state index < -0.39 is 5.97 Å². The molecule has 0 atom stereocenters.